The molecular formula is C10H12ClNO. The summed E-state index contributed by atoms with van der Waals surface area (Å²) in [5, 5.41) is 0.553. The third-order valence-corrected chi connectivity index (χ3v) is 2.28. The summed E-state index contributed by atoms with van der Waals surface area (Å²) in [4.78, 5) is 11.3. The lowest BCUT2D eigenvalue weighted by molar-refractivity contribution is -0.120. The van der Waals surface area contributed by atoms with Crippen LogP contribution in [0.15, 0.2) is 24.3 Å². The van der Waals surface area contributed by atoms with Crippen LogP contribution >= 0.6 is 11.6 Å². The lowest BCUT2D eigenvalue weighted by atomic mass is 10.0. The first kappa shape index (κ1) is 10.2. The summed E-state index contributed by atoms with van der Waals surface area (Å²) in [6.45, 7) is 1.79. The van der Waals surface area contributed by atoms with Gasteiger partial charge in [-0.1, -0.05) is 36.7 Å². The molecule has 3 heteroatoms. The SMILES string of the molecule is CCC(=O)C(N)c1ccccc1Cl. The molecule has 0 bridgehead atoms. The lowest BCUT2D eigenvalue weighted by Crippen LogP contribution is -2.20. The van der Waals surface area contributed by atoms with Crippen molar-refractivity contribution in [2.75, 3.05) is 0 Å². The van der Waals surface area contributed by atoms with Gasteiger partial charge >= 0.3 is 0 Å². The Kier molecular flexibility index (Phi) is 3.46. The number of nitrogens with two attached hydrogens (primary N) is 1. The van der Waals surface area contributed by atoms with Crippen molar-refractivity contribution in [2.24, 2.45) is 5.73 Å². The molecule has 1 aromatic rings. The molecule has 0 aliphatic heterocycles. The van der Waals surface area contributed by atoms with E-state index in [9.17, 15) is 4.79 Å². The van der Waals surface area contributed by atoms with E-state index in [2.05, 4.69) is 0 Å². The topological polar surface area (TPSA) is 43.1 Å². The first-order valence-electron chi connectivity index (χ1n) is 4.19. The minimum absolute atomic E-state index is 0.00750. The predicted octanol–water partition coefficient (Wildman–Crippen LogP) is 2.32. The molecule has 0 aliphatic rings. The highest BCUT2D eigenvalue weighted by atomic mass is 35.5. The van der Waals surface area contributed by atoms with Crippen molar-refractivity contribution in [3.05, 3.63) is 34.9 Å². The van der Waals surface area contributed by atoms with Crippen LogP contribution in [0.3, 0.4) is 0 Å². The molecular weight excluding hydrogens is 186 g/mol. The molecule has 1 rings (SSSR count). The van der Waals surface area contributed by atoms with Gasteiger partial charge in [-0.25, -0.2) is 0 Å². The van der Waals surface area contributed by atoms with Crippen molar-refractivity contribution in [3.63, 3.8) is 0 Å². The molecule has 0 aromatic heterocycles. The van der Waals surface area contributed by atoms with Crippen LogP contribution in [0.1, 0.15) is 24.9 Å². The van der Waals surface area contributed by atoms with Crippen molar-refractivity contribution in [1.29, 1.82) is 0 Å². The number of ketones is 1. The van der Waals surface area contributed by atoms with Gasteiger partial charge in [-0.05, 0) is 11.6 Å². The molecule has 1 aromatic carbocycles. The summed E-state index contributed by atoms with van der Waals surface area (Å²) in [6.07, 6.45) is 0.437. The Hall–Kier alpha value is -0.860. The smallest absolute Gasteiger partial charge is 0.153 e. The van der Waals surface area contributed by atoms with Gasteiger partial charge in [0.05, 0.1) is 6.04 Å². The molecule has 0 radical (unpaired) electrons. The van der Waals surface area contributed by atoms with E-state index in [4.69, 9.17) is 17.3 Å². The van der Waals surface area contributed by atoms with Crippen LogP contribution < -0.4 is 5.73 Å². The Morgan fingerprint density at radius 2 is 2.15 bits per heavy atom. The highest BCUT2D eigenvalue weighted by Gasteiger charge is 2.15. The molecule has 0 saturated carbocycles. The fourth-order valence-corrected chi connectivity index (χ4v) is 1.37. The zero-order chi connectivity index (χ0) is 9.84. The average Bonchev–Trinajstić information content (AvgIpc) is 2.16. The van der Waals surface area contributed by atoms with Crippen LogP contribution in [-0.2, 0) is 4.79 Å². The molecule has 1 unspecified atom stereocenters. The second-order valence-corrected chi connectivity index (χ2v) is 3.23. The van der Waals surface area contributed by atoms with E-state index in [1.165, 1.54) is 0 Å². The molecule has 0 saturated heterocycles. The predicted molar refractivity (Wildman–Crippen MR) is 53.7 cm³/mol. The van der Waals surface area contributed by atoms with Gasteiger partial charge in [-0.15, -0.1) is 0 Å². The molecule has 13 heavy (non-hydrogen) atoms. The number of rotatable bonds is 3. The Labute approximate surface area is 82.7 Å². The van der Waals surface area contributed by atoms with Crippen molar-refractivity contribution in [1.82, 2.24) is 0 Å². The molecule has 0 spiro atoms. The number of Topliss-reactive ketones (excluding diaryl/α,β-unsaturated/α-hetero) is 1. The Morgan fingerprint density at radius 3 is 2.69 bits per heavy atom. The Bertz CT molecular complexity index is 312. The Morgan fingerprint density at radius 1 is 1.54 bits per heavy atom. The van der Waals surface area contributed by atoms with Crippen LogP contribution in [0.4, 0.5) is 0 Å². The van der Waals surface area contributed by atoms with Gasteiger partial charge in [0.2, 0.25) is 0 Å². The summed E-state index contributed by atoms with van der Waals surface area (Å²) in [5.74, 6) is 0.00750. The summed E-state index contributed by atoms with van der Waals surface area (Å²) >= 11 is 5.89. The molecule has 0 aliphatic carbocycles. The van der Waals surface area contributed by atoms with E-state index in [0.29, 0.717) is 17.0 Å². The van der Waals surface area contributed by atoms with Crippen LogP contribution in [0.25, 0.3) is 0 Å². The van der Waals surface area contributed by atoms with E-state index in [1.807, 2.05) is 12.1 Å². The van der Waals surface area contributed by atoms with Gasteiger partial charge < -0.3 is 5.73 Å². The third kappa shape index (κ3) is 2.29. The molecule has 0 heterocycles. The molecule has 0 amide bonds. The van der Waals surface area contributed by atoms with E-state index in [1.54, 1.807) is 19.1 Å². The number of carbonyl (C=O) groups excluding carboxylic acids is 1. The first-order valence-corrected chi connectivity index (χ1v) is 4.57. The first-order chi connectivity index (χ1) is 6.16. The van der Waals surface area contributed by atoms with Crippen LogP contribution in [0, 0.1) is 0 Å². The number of carbonyl (C=O) groups is 1. The monoisotopic (exact) mass is 197 g/mol. The van der Waals surface area contributed by atoms with E-state index < -0.39 is 6.04 Å². The standard InChI is InChI=1S/C10H12ClNO/c1-2-9(13)10(12)7-5-3-4-6-8(7)11/h3-6,10H,2,12H2,1H3. The summed E-state index contributed by atoms with van der Waals surface area (Å²) in [6, 6.07) is 6.57. The molecule has 70 valence electrons. The van der Waals surface area contributed by atoms with Gasteiger partial charge in [0.15, 0.2) is 5.78 Å². The van der Waals surface area contributed by atoms with Gasteiger partial charge in [0.1, 0.15) is 0 Å². The fourth-order valence-electron chi connectivity index (χ4n) is 1.12. The van der Waals surface area contributed by atoms with Crippen molar-refractivity contribution >= 4 is 17.4 Å². The van der Waals surface area contributed by atoms with Gasteiger partial charge in [-0.2, -0.15) is 0 Å². The number of hydrogen-bond acceptors (Lipinski definition) is 2. The van der Waals surface area contributed by atoms with E-state index >= 15 is 0 Å². The highest BCUT2D eigenvalue weighted by molar-refractivity contribution is 6.31. The maximum atomic E-state index is 11.3. The van der Waals surface area contributed by atoms with Gasteiger partial charge in [0.25, 0.3) is 0 Å². The fraction of sp³-hybridized carbons (Fsp3) is 0.300. The van der Waals surface area contributed by atoms with Crippen LogP contribution in [0.5, 0.6) is 0 Å². The third-order valence-electron chi connectivity index (χ3n) is 1.94. The van der Waals surface area contributed by atoms with Crippen molar-refractivity contribution in [2.45, 2.75) is 19.4 Å². The molecule has 2 N–H and O–H groups in total. The zero-order valence-corrected chi connectivity index (χ0v) is 8.21. The minimum Gasteiger partial charge on any atom is -0.318 e. The number of benzene rings is 1. The van der Waals surface area contributed by atoms with Gasteiger partial charge in [0, 0.05) is 11.4 Å². The zero-order valence-electron chi connectivity index (χ0n) is 7.46. The van der Waals surface area contributed by atoms with Crippen molar-refractivity contribution in [3.8, 4) is 0 Å². The average molecular weight is 198 g/mol. The normalized spacial score (nSPS) is 12.5. The lowest BCUT2D eigenvalue weighted by Gasteiger charge is -2.10. The quantitative estimate of drug-likeness (QED) is 0.808. The second-order valence-electron chi connectivity index (χ2n) is 2.82. The number of halogens is 1. The van der Waals surface area contributed by atoms with Crippen LogP contribution in [-0.4, -0.2) is 5.78 Å². The summed E-state index contributed by atoms with van der Waals surface area (Å²) < 4.78 is 0. The maximum absolute atomic E-state index is 11.3. The maximum Gasteiger partial charge on any atom is 0.153 e. The minimum atomic E-state index is -0.585. The molecule has 2 nitrogen and oxygen atoms in total. The molecule has 1 atom stereocenters. The van der Waals surface area contributed by atoms with Crippen LogP contribution in [0.2, 0.25) is 5.02 Å². The summed E-state index contributed by atoms with van der Waals surface area (Å²) in [7, 11) is 0. The largest absolute Gasteiger partial charge is 0.318 e. The second kappa shape index (κ2) is 4.40. The van der Waals surface area contributed by atoms with E-state index in [-0.39, 0.29) is 5.78 Å². The van der Waals surface area contributed by atoms with Gasteiger partial charge in [-0.3, -0.25) is 4.79 Å². The van der Waals surface area contributed by atoms with Crippen molar-refractivity contribution < 1.29 is 4.79 Å². The highest BCUT2D eigenvalue weighted by Crippen LogP contribution is 2.21. The Balaban J connectivity index is 2.95. The molecule has 0 fully saturated rings. The van der Waals surface area contributed by atoms with E-state index in [0.717, 1.165) is 0 Å². The number of hydrogen-bond donors (Lipinski definition) is 1. The summed E-state index contributed by atoms with van der Waals surface area (Å²) in [5.41, 5.74) is 6.42.